The number of hydrogen-bond donors (Lipinski definition) is 3. The number of nitrogens with one attached hydrogen (secondary N) is 2. The van der Waals surface area contributed by atoms with Gasteiger partial charge in [0.1, 0.15) is 18.2 Å². The third-order valence-corrected chi connectivity index (χ3v) is 7.70. The van der Waals surface area contributed by atoms with Crippen LogP contribution in [0.3, 0.4) is 0 Å². The highest BCUT2D eigenvalue weighted by atomic mass is 16.5. The second-order valence-electron chi connectivity index (χ2n) is 10.1. The summed E-state index contributed by atoms with van der Waals surface area (Å²) in [5.41, 5.74) is 3.29. The second kappa shape index (κ2) is 9.72. The number of rotatable bonds is 8. The van der Waals surface area contributed by atoms with Crippen LogP contribution >= 0.6 is 0 Å². The van der Waals surface area contributed by atoms with E-state index in [1.807, 2.05) is 24.3 Å². The summed E-state index contributed by atoms with van der Waals surface area (Å²) in [4.78, 5) is 38.0. The van der Waals surface area contributed by atoms with Gasteiger partial charge >= 0.3 is 12.1 Å². The lowest BCUT2D eigenvalue weighted by Gasteiger charge is -2.35. The van der Waals surface area contributed by atoms with Crippen LogP contribution in [-0.4, -0.2) is 41.3 Å². The van der Waals surface area contributed by atoms with Crippen LogP contribution in [0.25, 0.3) is 11.1 Å². The highest BCUT2D eigenvalue weighted by Gasteiger charge is 2.43. The number of benzene rings is 2. The molecule has 35 heavy (non-hydrogen) atoms. The minimum atomic E-state index is -1.25. The zero-order valence-electron chi connectivity index (χ0n) is 19.8. The van der Waals surface area contributed by atoms with E-state index in [0.29, 0.717) is 25.2 Å². The Hall–Kier alpha value is -3.35. The molecule has 0 aliphatic heterocycles. The maximum atomic E-state index is 13.2. The monoisotopic (exact) mass is 476 g/mol. The fraction of sp³-hybridized carbons (Fsp3) is 0.464. The molecule has 1 atom stereocenters. The van der Waals surface area contributed by atoms with Crippen LogP contribution in [0.5, 0.6) is 0 Å². The number of fused-ring (bicyclic) bond motifs is 3. The molecule has 0 spiro atoms. The molecule has 2 fully saturated rings. The molecule has 0 radical (unpaired) electrons. The van der Waals surface area contributed by atoms with Gasteiger partial charge < -0.3 is 20.5 Å². The molecule has 184 valence electrons. The van der Waals surface area contributed by atoms with Crippen LogP contribution in [0.4, 0.5) is 4.79 Å². The summed E-state index contributed by atoms with van der Waals surface area (Å²) in [5.74, 6) is -1.14. The second-order valence-corrected chi connectivity index (χ2v) is 10.1. The van der Waals surface area contributed by atoms with Crippen LogP contribution in [0.1, 0.15) is 68.4 Å². The van der Waals surface area contributed by atoms with Gasteiger partial charge in [0.15, 0.2) is 0 Å². The number of hydrogen-bond acceptors (Lipinski definition) is 4. The van der Waals surface area contributed by atoms with E-state index in [1.165, 1.54) is 0 Å². The van der Waals surface area contributed by atoms with Gasteiger partial charge in [0.2, 0.25) is 5.91 Å². The molecule has 0 bridgehead atoms. The Morgan fingerprint density at radius 1 is 0.943 bits per heavy atom. The Morgan fingerprint density at radius 3 is 2.11 bits per heavy atom. The van der Waals surface area contributed by atoms with E-state index in [2.05, 4.69) is 34.9 Å². The van der Waals surface area contributed by atoms with Gasteiger partial charge in [-0.1, -0.05) is 80.6 Å². The normalized spacial score (nSPS) is 19.2. The molecule has 3 aliphatic carbocycles. The maximum absolute atomic E-state index is 13.2. The van der Waals surface area contributed by atoms with Gasteiger partial charge in [-0.2, -0.15) is 0 Å². The average Bonchev–Trinajstić information content (AvgIpc) is 3.63. The van der Waals surface area contributed by atoms with Gasteiger partial charge in [0.05, 0.1) is 0 Å². The zero-order valence-corrected chi connectivity index (χ0v) is 19.8. The fourth-order valence-electron chi connectivity index (χ4n) is 5.57. The standard InChI is InChI=1S/C28H32N2O5/c31-25(30-28(26(32)33)14-6-1-7-15-28)24(16-18-12-13-18)29-27(34)35-17-23-21-10-4-2-8-19(21)20-9-3-5-11-22(20)23/h2-5,8-11,18,23-24H,1,6-7,12-17H2,(H,29,34)(H,30,31)(H,32,33)/t24-/m0/s1. The first-order valence-corrected chi connectivity index (χ1v) is 12.6. The van der Waals surface area contributed by atoms with Crippen LogP contribution in [0.15, 0.2) is 48.5 Å². The van der Waals surface area contributed by atoms with E-state index < -0.39 is 29.6 Å². The van der Waals surface area contributed by atoms with Crippen LogP contribution in [-0.2, 0) is 14.3 Å². The minimum Gasteiger partial charge on any atom is -0.480 e. The molecule has 7 nitrogen and oxygen atoms in total. The van der Waals surface area contributed by atoms with Gasteiger partial charge in [-0.05, 0) is 47.4 Å². The number of carboxylic acids is 1. The highest BCUT2D eigenvalue weighted by Crippen LogP contribution is 2.44. The Balaban J connectivity index is 1.25. The Labute approximate surface area is 205 Å². The molecular formula is C28H32N2O5. The summed E-state index contributed by atoms with van der Waals surface area (Å²) in [7, 11) is 0. The molecule has 2 saturated carbocycles. The molecule has 0 saturated heterocycles. The van der Waals surface area contributed by atoms with Gasteiger partial charge in [0, 0.05) is 5.92 Å². The molecule has 0 heterocycles. The van der Waals surface area contributed by atoms with Crippen molar-refractivity contribution < 1.29 is 24.2 Å². The molecule has 5 rings (SSSR count). The number of carbonyl (C=O) groups is 3. The Kier molecular flexibility index (Phi) is 6.50. The third-order valence-electron chi connectivity index (χ3n) is 7.70. The number of amides is 2. The molecule has 0 aromatic heterocycles. The van der Waals surface area contributed by atoms with Crippen molar-refractivity contribution >= 4 is 18.0 Å². The largest absolute Gasteiger partial charge is 0.480 e. The predicted molar refractivity (Wildman–Crippen MR) is 131 cm³/mol. The molecule has 2 amide bonds. The average molecular weight is 477 g/mol. The lowest BCUT2D eigenvalue weighted by atomic mass is 9.81. The van der Waals surface area contributed by atoms with Gasteiger partial charge in [0.25, 0.3) is 0 Å². The number of carbonyl (C=O) groups excluding carboxylic acids is 2. The van der Waals surface area contributed by atoms with E-state index in [1.54, 1.807) is 0 Å². The maximum Gasteiger partial charge on any atom is 0.407 e. The van der Waals surface area contributed by atoms with Gasteiger partial charge in [-0.3, -0.25) is 4.79 Å². The summed E-state index contributed by atoms with van der Waals surface area (Å²) in [6, 6.07) is 15.4. The van der Waals surface area contributed by atoms with E-state index in [-0.39, 0.29) is 12.5 Å². The van der Waals surface area contributed by atoms with Crippen molar-refractivity contribution in [2.75, 3.05) is 6.61 Å². The summed E-state index contributed by atoms with van der Waals surface area (Å²) in [5, 5.41) is 15.4. The third kappa shape index (κ3) is 4.90. The van der Waals surface area contributed by atoms with Crippen LogP contribution in [0.2, 0.25) is 0 Å². The first-order valence-electron chi connectivity index (χ1n) is 12.6. The lowest BCUT2D eigenvalue weighted by molar-refractivity contribution is -0.149. The van der Waals surface area contributed by atoms with Crippen molar-refractivity contribution in [3.05, 3.63) is 59.7 Å². The highest BCUT2D eigenvalue weighted by molar-refractivity contribution is 5.91. The smallest absolute Gasteiger partial charge is 0.407 e. The molecule has 7 heteroatoms. The van der Waals surface area contributed by atoms with Crippen molar-refractivity contribution in [1.29, 1.82) is 0 Å². The Bertz CT molecular complexity index is 1070. The molecule has 3 N–H and O–H groups in total. The van der Waals surface area contributed by atoms with E-state index in [4.69, 9.17) is 4.74 Å². The summed E-state index contributed by atoms with van der Waals surface area (Å²) in [6.07, 6.45) is 5.19. The quantitative estimate of drug-likeness (QED) is 0.517. The van der Waals surface area contributed by atoms with Crippen molar-refractivity contribution in [2.24, 2.45) is 5.92 Å². The van der Waals surface area contributed by atoms with Crippen molar-refractivity contribution in [1.82, 2.24) is 10.6 Å². The lowest BCUT2D eigenvalue weighted by Crippen LogP contribution is -2.60. The molecule has 3 aliphatic rings. The van der Waals surface area contributed by atoms with Gasteiger partial charge in [-0.25, -0.2) is 9.59 Å². The predicted octanol–water partition coefficient (Wildman–Crippen LogP) is 4.60. The van der Waals surface area contributed by atoms with Crippen LogP contribution < -0.4 is 10.6 Å². The first-order chi connectivity index (χ1) is 17.0. The van der Waals surface area contributed by atoms with E-state index >= 15 is 0 Å². The van der Waals surface area contributed by atoms with Crippen molar-refractivity contribution in [3.8, 4) is 11.1 Å². The van der Waals surface area contributed by atoms with Crippen molar-refractivity contribution in [2.45, 2.75) is 68.9 Å². The topological polar surface area (TPSA) is 105 Å². The number of aliphatic carboxylic acids is 1. The zero-order chi connectivity index (χ0) is 24.4. The van der Waals surface area contributed by atoms with Crippen LogP contribution in [0, 0.1) is 5.92 Å². The van der Waals surface area contributed by atoms with E-state index in [9.17, 15) is 19.5 Å². The SMILES string of the molecule is O=C(N[C@@H](CC1CC1)C(=O)NC1(C(=O)O)CCCCC1)OCC1c2ccccc2-c2ccccc21. The first kappa shape index (κ1) is 23.4. The Morgan fingerprint density at radius 2 is 1.54 bits per heavy atom. The minimum absolute atomic E-state index is 0.0682. The molecule has 0 unspecified atom stereocenters. The number of ether oxygens (including phenoxy) is 1. The van der Waals surface area contributed by atoms with E-state index in [0.717, 1.165) is 54.4 Å². The summed E-state index contributed by atoms with van der Waals surface area (Å²) >= 11 is 0. The molecule has 2 aromatic carbocycles. The van der Waals surface area contributed by atoms with Gasteiger partial charge in [-0.15, -0.1) is 0 Å². The summed E-state index contributed by atoms with van der Waals surface area (Å²) in [6.45, 7) is 0.163. The number of alkyl carbamates (subject to hydrolysis) is 1. The molecular weight excluding hydrogens is 444 g/mol. The van der Waals surface area contributed by atoms with Crippen molar-refractivity contribution in [3.63, 3.8) is 0 Å². The summed E-state index contributed by atoms with van der Waals surface area (Å²) < 4.78 is 5.64. The fourth-order valence-corrected chi connectivity index (χ4v) is 5.57. The number of carboxylic acid groups (broad SMARTS) is 1. The molecule has 2 aromatic rings.